The minimum atomic E-state index is -1.64. The zero-order valence-electron chi connectivity index (χ0n) is 28.5. The van der Waals surface area contributed by atoms with Crippen LogP contribution in [-0.4, -0.2) is 76.4 Å². The molecule has 1 saturated heterocycles. The Bertz CT molecular complexity index is 1120. The van der Waals surface area contributed by atoms with Crippen LogP contribution in [0, 0.1) is 56.7 Å². The lowest BCUT2D eigenvalue weighted by molar-refractivity contribution is -0.246. The number of hydrogen-bond acceptors (Lipinski definition) is 8. The summed E-state index contributed by atoms with van der Waals surface area (Å²) in [6.45, 7) is 14.5. The summed E-state index contributed by atoms with van der Waals surface area (Å²) in [7, 11) is 1.66. The average molecular weight is 621 g/mol. The van der Waals surface area contributed by atoms with Gasteiger partial charge in [0.05, 0.1) is 18.8 Å². The number of carbonyl (C=O) groups excluding carboxylic acids is 1. The zero-order chi connectivity index (χ0) is 32.3. The number of rotatable bonds is 8. The van der Waals surface area contributed by atoms with Gasteiger partial charge in [0.2, 0.25) is 0 Å². The predicted molar refractivity (Wildman–Crippen MR) is 165 cm³/mol. The summed E-state index contributed by atoms with van der Waals surface area (Å²) in [5.74, 6) is 1.31. The van der Waals surface area contributed by atoms with Crippen LogP contribution in [0.5, 0.6) is 0 Å². The van der Waals surface area contributed by atoms with E-state index in [4.69, 9.17) is 14.2 Å². The van der Waals surface area contributed by atoms with Gasteiger partial charge < -0.3 is 34.6 Å². The Morgan fingerprint density at radius 3 is 2.39 bits per heavy atom. The highest BCUT2D eigenvalue weighted by molar-refractivity contribution is 5.69. The van der Waals surface area contributed by atoms with Gasteiger partial charge in [-0.25, -0.2) is 0 Å². The van der Waals surface area contributed by atoms with E-state index in [2.05, 4.69) is 41.5 Å². The molecule has 0 aromatic carbocycles. The zero-order valence-corrected chi connectivity index (χ0v) is 28.5. The number of ether oxygens (including phenoxy) is 3. The molecule has 5 saturated carbocycles. The molecule has 0 spiro atoms. The molecule has 0 aromatic rings. The molecule has 14 atom stereocenters. The highest BCUT2D eigenvalue weighted by atomic mass is 16.7. The highest BCUT2D eigenvalue weighted by Crippen LogP contribution is 2.91. The van der Waals surface area contributed by atoms with Crippen molar-refractivity contribution >= 4 is 5.97 Å². The first-order valence-corrected chi connectivity index (χ1v) is 17.5. The van der Waals surface area contributed by atoms with Crippen LogP contribution >= 0.6 is 0 Å². The van der Waals surface area contributed by atoms with Crippen molar-refractivity contribution in [3.63, 3.8) is 0 Å². The second-order valence-electron chi connectivity index (χ2n) is 17.8. The van der Waals surface area contributed by atoms with Crippen molar-refractivity contribution in [2.24, 2.45) is 56.7 Å². The second-order valence-corrected chi connectivity index (χ2v) is 17.8. The molecule has 44 heavy (non-hydrogen) atoms. The summed E-state index contributed by atoms with van der Waals surface area (Å²) in [6.07, 6.45) is 6.38. The lowest BCUT2D eigenvalue weighted by Crippen LogP contribution is -2.66. The van der Waals surface area contributed by atoms with Crippen LogP contribution in [0.2, 0.25) is 0 Å². The molecule has 6 fully saturated rings. The first-order valence-electron chi connectivity index (χ1n) is 17.5. The van der Waals surface area contributed by atoms with Gasteiger partial charge in [0.15, 0.2) is 6.29 Å². The minimum absolute atomic E-state index is 0.0661. The monoisotopic (exact) mass is 620 g/mol. The molecule has 1 unspecified atom stereocenters. The minimum Gasteiger partial charge on any atom is -0.462 e. The summed E-state index contributed by atoms with van der Waals surface area (Å²) < 4.78 is 18.2. The number of aliphatic hydroxyl groups excluding tert-OH is 3. The third-order valence-electron chi connectivity index (χ3n) is 15.2. The predicted octanol–water partition coefficient (Wildman–Crippen LogP) is 4.84. The van der Waals surface area contributed by atoms with Crippen LogP contribution in [0.15, 0.2) is 0 Å². The molecule has 0 aromatic heterocycles. The smallest absolute Gasteiger partial charge is 0.306 e. The Balaban J connectivity index is 1.25. The maximum absolute atomic E-state index is 12.7. The SMILES string of the molecule is CO[C@H]1O[C@@H]([C@H](O)C(C)(O)CO)C[C@H]1[C@@H]1CC[C@]23C[C@]12CC[C@@H]1[C@@]2(C)CC[C@@H](OC(=O)CC(C)C)C(C)(C)[C@@H]2C[C@@H](O)[C@]13C. The van der Waals surface area contributed by atoms with Gasteiger partial charge in [-0.2, -0.15) is 0 Å². The Kier molecular flexibility index (Phi) is 8.00. The number of carbonyl (C=O) groups is 1. The number of fused-ring (bicyclic) bond motifs is 3. The summed E-state index contributed by atoms with van der Waals surface area (Å²) in [5, 5.41) is 43.5. The molecule has 1 heterocycles. The molecule has 4 N–H and O–H groups in total. The van der Waals surface area contributed by atoms with Crippen molar-refractivity contribution in [2.45, 2.75) is 149 Å². The maximum atomic E-state index is 12.7. The first kappa shape index (κ1) is 33.1. The lowest BCUT2D eigenvalue weighted by atomic mass is 9.37. The fraction of sp³-hybridized carbons (Fsp3) is 0.972. The normalized spacial score (nSPS) is 51.0. The van der Waals surface area contributed by atoms with Gasteiger partial charge in [0, 0.05) is 30.3 Å². The van der Waals surface area contributed by atoms with Crippen molar-refractivity contribution in [1.29, 1.82) is 0 Å². The van der Waals surface area contributed by atoms with Crippen molar-refractivity contribution in [1.82, 2.24) is 0 Å². The Labute approximate surface area is 264 Å². The fourth-order valence-electron chi connectivity index (χ4n) is 13.0. The number of methoxy groups -OCH3 is 1. The summed E-state index contributed by atoms with van der Waals surface area (Å²) in [6, 6.07) is 0. The Morgan fingerprint density at radius 1 is 1.05 bits per heavy atom. The van der Waals surface area contributed by atoms with Gasteiger partial charge in [-0.3, -0.25) is 4.79 Å². The quantitative estimate of drug-likeness (QED) is 0.284. The molecule has 1 aliphatic heterocycles. The van der Waals surface area contributed by atoms with Crippen LogP contribution in [-0.2, 0) is 19.0 Å². The van der Waals surface area contributed by atoms with Crippen LogP contribution < -0.4 is 0 Å². The van der Waals surface area contributed by atoms with Gasteiger partial charge in [-0.15, -0.1) is 0 Å². The Morgan fingerprint density at radius 2 is 1.75 bits per heavy atom. The molecule has 0 amide bonds. The topological polar surface area (TPSA) is 126 Å². The molecule has 6 aliphatic rings. The van der Waals surface area contributed by atoms with E-state index in [0.717, 1.165) is 51.4 Å². The summed E-state index contributed by atoms with van der Waals surface area (Å²) >= 11 is 0. The molecule has 8 heteroatoms. The van der Waals surface area contributed by atoms with Crippen LogP contribution in [0.4, 0.5) is 0 Å². The summed E-state index contributed by atoms with van der Waals surface area (Å²) in [4.78, 5) is 12.7. The van der Waals surface area contributed by atoms with E-state index in [1.807, 2.05) is 0 Å². The lowest BCUT2D eigenvalue weighted by Gasteiger charge is -2.68. The van der Waals surface area contributed by atoms with Gasteiger partial charge in [0.1, 0.15) is 17.8 Å². The van der Waals surface area contributed by atoms with E-state index in [9.17, 15) is 25.2 Å². The molecule has 5 aliphatic carbocycles. The van der Waals surface area contributed by atoms with E-state index in [1.54, 1.807) is 7.11 Å². The van der Waals surface area contributed by atoms with Crippen molar-refractivity contribution in [3.05, 3.63) is 0 Å². The maximum Gasteiger partial charge on any atom is 0.306 e. The largest absolute Gasteiger partial charge is 0.462 e. The molecule has 8 nitrogen and oxygen atoms in total. The third kappa shape index (κ3) is 4.32. The van der Waals surface area contributed by atoms with E-state index >= 15 is 0 Å². The standard InChI is InChI=1S/C36H60O8/c1-20(2)15-28(39)44-27-11-12-32(5)24-10-13-35-18-36(35,34(24,7)26(38)17-25(32)31(27,3)4)14-9-22(35)21-16-23(43-30(21)42-8)29(40)33(6,41)19-37/h20-27,29-30,37-38,40-41H,9-19H2,1-8H3/t21-,22-,23+,24+,25-,26+,27+,29-,30-,32+,33?,34-,35+,36+/m0/s1. The molecule has 252 valence electrons. The van der Waals surface area contributed by atoms with Crippen LogP contribution in [0.3, 0.4) is 0 Å². The highest BCUT2D eigenvalue weighted by Gasteiger charge is 2.86. The van der Waals surface area contributed by atoms with Gasteiger partial charge in [-0.1, -0.05) is 41.5 Å². The second kappa shape index (κ2) is 10.6. The third-order valence-corrected chi connectivity index (χ3v) is 15.2. The number of esters is 1. The van der Waals surface area contributed by atoms with E-state index in [-0.39, 0.29) is 56.9 Å². The number of aliphatic hydroxyl groups is 4. The van der Waals surface area contributed by atoms with Crippen molar-refractivity contribution < 1.29 is 39.4 Å². The molecular formula is C36H60O8. The van der Waals surface area contributed by atoms with Crippen LogP contribution in [0.1, 0.15) is 113 Å². The van der Waals surface area contributed by atoms with Crippen LogP contribution in [0.25, 0.3) is 0 Å². The van der Waals surface area contributed by atoms with Crippen molar-refractivity contribution in [3.8, 4) is 0 Å². The van der Waals surface area contributed by atoms with Gasteiger partial charge in [0.25, 0.3) is 0 Å². The van der Waals surface area contributed by atoms with E-state index in [1.165, 1.54) is 6.92 Å². The molecule has 0 bridgehead atoms. The molecular weight excluding hydrogens is 560 g/mol. The molecule has 6 rings (SSSR count). The van der Waals surface area contributed by atoms with E-state index in [0.29, 0.717) is 24.7 Å². The molecule has 0 radical (unpaired) electrons. The van der Waals surface area contributed by atoms with Gasteiger partial charge >= 0.3 is 5.97 Å². The van der Waals surface area contributed by atoms with E-state index < -0.39 is 36.8 Å². The average Bonchev–Trinajstić information content (AvgIpc) is 3.27. The first-order chi connectivity index (χ1) is 20.4. The van der Waals surface area contributed by atoms with Crippen molar-refractivity contribution in [2.75, 3.05) is 13.7 Å². The summed E-state index contributed by atoms with van der Waals surface area (Å²) in [5.41, 5.74) is -1.77. The Hall–Kier alpha value is -0.770. The number of hydrogen-bond donors (Lipinski definition) is 4. The fourth-order valence-corrected chi connectivity index (χ4v) is 13.0. The van der Waals surface area contributed by atoms with Gasteiger partial charge in [-0.05, 0) is 105 Å².